The van der Waals surface area contributed by atoms with E-state index in [1.165, 1.54) is 0 Å². The first-order chi connectivity index (χ1) is 14.7. The van der Waals surface area contributed by atoms with Crippen LogP contribution in [0.4, 0.5) is 5.69 Å². The molecular weight excluding hydrogens is 380 g/mol. The number of allylic oxidation sites excluding steroid dienone is 1. The highest BCUT2D eigenvalue weighted by atomic mass is 16.5. The van der Waals surface area contributed by atoms with Gasteiger partial charge < -0.3 is 19.1 Å². The normalized spacial score (nSPS) is 14.3. The van der Waals surface area contributed by atoms with Crippen LogP contribution < -0.4 is 14.4 Å². The van der Waals surface area contributed by atoms with Crippen LogP contribution in [-0.4, -0.2) is 51.3 Å². The van der Waals surface area contributed by atoms with Gasteiger partial charge >= 0.3 is 0 Å². The number of nitrogens with zero attached hydrogens (tertiary/aromatic N) is 2. The average Bonchev–Trinajstić information content (AvgIpc) is 2.82. The van der Waals surface area contributed by atoms with Crippen LogP contribution in [0.1, 0.15) is 16.1 Å². The van der Waals surface area contributed by atoms with E-state index in [0.29, 0.717) is 18.8 Å². The minimum absolute atomic E-state index is 0.0813. The third-order valence-electron chi connectivity index (χ3n) is 5.15. The summed E-state index contributed by atoms with van der Waals surface area (Å²) in [6, 6.07) is 14.9. The van der Waals surface area contributed by atoms with E-state index in [4.69, 9.17) is 19.2 Å². The van der Waals surface area contributed by atoms with Crippen LogP contribution in [0.2, 0.25) is 0 Å². The zero-order chi connectivity index (χ0) is 20.9. The van der Waals surface area contributed by atoms with Gasteiger partial charge in [-0.2, -0.15) is 0 Å². The summed E-state index contributed by atoms with van der Waals surface area (Å²) in [7, 11) is 3.26. The van der Waals surface area contributed by atoms with Crippen molar-refractivity contribution in [2.75, 3.05) is 45.4 Å². The zero-order valence-corrected chi connectivity index (χ0v) is 17.1. The van der Waals surface area contributed by atoms with Crippen molar-refractivity contribution in [1.29, 1.82) is 0 Å². The number of pyridine rings is 1. The lowest BCUT2D eigenvalue weighted by Gasteiger charge is -2.30. The summed E-state index contributed by atoms with van der Waals surface area (Å²) in [6.07, 6.45) is 3.32. The lowest BCUT2D eigenvalue weighted by molar-refractivity contribution is 0.104. The summed E-state index contributed by atoms with van der Waals surface area (Å²) < 4.78 is 16.0. The van der Waals surface area contributed by atoms with Crippen molar-refractivity contribution in [1.82, 2.24) is 4.98 Å². The fraction of sp³-hybridized carbons (Fsp3) is 0.250. The van der Waals surface area contributed by atoms with Gasteiger partial charge in [-0.1, -0.05) is 0 Å². The molecule has 1 aromatic heterocycles. The lowest BCUT2D eigenvalue weighted by atomic mass is 10.1. The Hall–Kier alpha value is -3.38. The Morgan fingerprint density at radius 3 is 2.40 bits per heavy atom. The molecule has 154 valence electrons. The number of rotatable bonds is 6. The summed E-state index contributed by atoms with van der Waals surface area (Å²) in [5.74, 6) is 1.43. The molecule has 30 heavy (non-hydrogen) atoms. The van der Waals surface area contributed by atoms with Crippen molar-refractivity contribution < 1.29 is 19.0 Å². The highest BCUT2D eigenvalue weighted by Crippen LogP contribution is 2.31. The fourth-order valence-corrected chi connectivity index (χ4v) is 3.50. The molecule has 0 radical (unpaired) electrons. The Morgan fingerprint density at radius 2 is 1.70 bits per heavy atom. The van der Waals surface area contributed by atoms with Crippen LogP contribution in [0.5, 0.6) is 11.5 Å². The SMILES string of the molecule is COc1ccc(C(=O)/C=C/c2cc(N3CCOCC3)c3cc(OC)ccc3n2)cc1. The minimum atomic E-state index is -0.0813. The van der Waals surface area contributed by atoms with Gasteiger partial charge in [0.2, 0.25) is 0 Å². The first kappa shape index (κ1) is 19.9. The molecule has 6 heteroatoms. The second-order valence-corrected chi connectivity index (χ2v) is 6.97. The molecule has 0 atom stereocenters. The average molecular weight is 404 g/mol. The maximum atomic E-state index is 12.6. The van der Waals surface area contributed by atoms with Crippen LogP contribution in [0.3, 0.4) is 0 Å². The first-order valence-electron chi connectivity index (χ1n) is 9.86. The molecule has 0 saturated carbocycles. The van der Waals surface area contributed by atoms with Gasteiger partial charge in [0.1, 0.15) is 11.5 Å². The topological polar surface area (TPSA) is 60.9 Å². The largest absolute Gasteiger partial charge is 0.497 e. The number of hydrogen-bond donors (Lipinski definition) is 0. The van der Waals surface area contributed by atoms with Crippen molar-refractivity contribution in [2.45, 2.75) is 0 Å². The van der Waals surface area contributed by atoms with Gasteiger partial charge in [0.15, 0.2) is 5.78 Å². The number of anilines is 1. The Bertz CT molecular complexity index is 1070. The maximum Gasteiger partial charge on any atom is 0.185 e. The Morgan fingerprint density at radius 1 is 1.00 bits per heavy atom. The Labute approximate surface area is 175 Å². The van der Waals surface area contributed by atoms with E-state index < -0.39 is 0 Å². The van der Waals surface area contributed by atoms with E-state index in [1.807, 2.05) is 24.3 Å². The fourth-order valence-electron chi connectivity index (χ4n) is 3.50. The van der Waals surface area contributed by atoms with Gasteiger partial charge in [-0.25, -0.2) is 4.98 Å². The van der Waals surface area contributed by atoms with E-state index in [0.717, 1.165) is 46.9 Å². The first-order valence-corrected chi connectivity index (χ1v) is 9.86. The molecule has 6 nitrogen and oxygen atoms in total. The Kier molecular flexibility index (Phi) is 5.95. The van der Waals surface area contributed by atoms with Crippen molar-refractivity contribution >= 4 is 28.4 Å². The van der Waals surface area contributed by atoms with Crippen LogP contribution in [-0.2, 0) is 4.74 Å². The lowest BCUT2D eigenvalue weighted by Crippen LogP contribution is -2.36. The molecule has 0 spiro atoms. The predicted molar refractivity (Wildman–Crippen MR) is 118 cm³/mol. The van der Waals surface area contributed by atoms with Crippen LogP contribution >= 0.6 is 0 Å². The molecule has 2 heterocycles. The molecule has 1 aliphatic heterocycles. The zero-order valence-electron chi connectivity index (χ0n) is 17.1. The number of carbonyl (C=O) groups is 1. The van der Waals surface area contributed by atoms with Crippen LogP contribution in [0, 0.1) is 0 Å². The van der Waals surface area contributed by atoms with E-state index in [9.17, 15) is 4.79 Å². The quantitative estimate of drug-likeness (QED) is 0.457. The summed E-state index contributed by atoms with van der Waals surface area (Å²) in [5.41, 5.74) is 3.26. The van der Waals surface area contributed by atoms with Gasteiger partial charge in [0.25, 0.3) is 0 Å². The number of hydrogen-bond acceptors (Lipinski definition) is 6. The molecule has 1 saturated heterocycles. The van der Waals surface area contributed by atoms with Crippen LogP contribution in [0.25, 0.3) is 17.0 Å². The predicted octanol–water partition coefficient (Wildman–Crippen LogP) is 3.98. The number of methoxy groups -OCH3 is 2. The molecule has 2 aromatic carbocycles. The molecule has 0 amide bonds. The monoisotopic (exact) mass is 404 g/mol. The number of ether oxygens (including phenoxy) is 3. The maximum absolute atomic E-state index is 12.6. The van der Waals surface area contributed by atoms with E-state index in [-0.39, 0.29) is 5.78 Å². The highest BCUT2D eigenvalue weighted by Gasteiger charge is 2.16. The molecule has 4 rings (SSSR count). The molecule has 1 fully saturated rings. The summed E-state index contributed by atoms with van der Waals surface area (Å²) >= 11 is 0. The van der Waals surface area contributed by atoms with Gasteiger partial charge in [-0.05, 0) is 60.7 Å². The number of ketones is 1. The van der Waals surface area contributed by atoms with Crippen molar-refractivity contribution in [3.05, 3.63) is 65.9 Å². The number of fused-ring (bicyclic) bond motifs is 1. The van der Waals surface area contributed by atoms with Gasteiger partial charge in [0.05, 0.1) is 38.6 Å². The van der Waals surface area contributed by atoms with Crippen molar-refractivity contribution in [3.63, 3.8) is 0 Å². The minimum Gasteiger partial charge on any atom is -0.497 e. The summed E-state index contributed by atoms with van der Waals surface area (Å²) in [5, 5.41) is 1.02. The van der Waals surface area contributed by atoms with Crippen molar-refractivity contribution in [3.8, 4) is 11.5 Å². The number of aromatic nitrogens is 1. The number of carbonyl (C=O) groups excluding carboxylic acids is 1. The number of benzene rings is 2. The molecule has 0 aliphatic carbocycles. The second-order valence-electron chi connectivity index (χ2n) is 6.97. The standard InChI is InChI=1S/C24H24N2O4/c1-28-19-6-3-17(4-7-19)24(27)10-5-18-15-23(26-11-13-30-14-12-26)21-16-20(29-2)8-9-22(21)25-18/h3-10,15-16H,11-14H2,1-2H3/b10-5+. The molecule has 0 bridgehead atoms. The van der Waals surface area contributed by atoms with Gasteiger partial charge in [-0.3, -0.25) is 4.79 Å². The smallest absolute Gasteiger partial charge is 0.185 e. The van der Waals surface area contributed by atoms with E-state index in [2.05, 4.69) is 4.90 Å². The summed E-state index contributed by atoms with van der Waals surface area (Å²) in [4.78, 5) is 19.6. The Balaban J connectivity index is 1.67. The van der Waals surface area contributed by atoms with Crippen molar-refractivity contribution in [2.24, 2.45) is 0 Å². The third kappa shape index (κ3) is 4.28. The highest BCUT2D eigenvalue weighted by molar-refractivity contribution is 6.07. The molecule has 0 N–H and O–H groups in total. The molecule has 3 aromatic rings. The van der Waals surface area contributed by atoms with Gasteiger partial charge in [0, 0.05) is 29.7 Å². The number of morpholine rings is 1. The molecule has 1 aliphatic rings. The summed E-state index contributed by atoms with van der Waals surface area (Å²) in [6.45, 7) is 3.00. The van der Waals surface area contributed by atoms with Crippen LogP contribution in [0.15, 0.2) is 54.6 Å². The molecule has 0 unspecified atom stereocenters. The van der Waals surface area contributed by atoms with Gasteiger partial charge in [-0.15, -0.1) is 0 Å². The second kappa shape index (κ2) is 8.97. The van der Waals surface area contributed by atoms with E-state index in [1.54, 1.807) is 50.6 Å². The van der Waals surface area contributed by atoms with E-state index >= 15 is 0 Å². The molecular formula is C24H24N2O4. The third-order valence-corrected chi connectivity index (χ3v) is 5.15.